The molecule has 0 saturated heterocycles. The zero-order valence-electron chi connectivity index (χ0n) is 6.05. The highest BCUT2D eigenvalue weighted by molar-refractivity contribution is 5.66. The van der Waals surface area contributed by atoms with E-state index in [1.807, 2.05) is 0 Å². The number of alkyl carbamates (subject to hydrolysis) is 1. The molecule has 0 heterocycles. The molecule has 0 fully saturated rings. The van der Waals surface area contributed by atoms with Crippen molar-refractivity contribution in [3.8, 4) is 0 Å². The maximum absolute atomic E-state index is 10.4. The molecule has 5 nitrogen and oxygen atoms in total. The molecular formula is C5H12N2O3. The molecule has 0 aromatic heterocycles. The molecule has 0 saturated carbocycles. The van der Waals surface area contributed by atoms with Crippen LogP contribution in [0.4, 0.5) is 4.79 Å². The summed E-state index contributed by atoms with van der Waals surface area (Å²) in [6, 6.07) is 0. The Kier molecular flexibility index (Phi) is 4.61. The van der Waals surface area contributed by atoms with E-state index < -0.39 is 12.3 Å². The number of nitrogens with one attached hydrogen (secondary N) is 2. The minimum absolute atomic E-state index is 0.0455. The number of hydrogen-bond donors (Lipinski definition) is 3. The van der Waals surface area contributed by atoms with E-state index >= 15 is 0 Å². The first-order chi connectivity index (χ1) is 4.70. The zero-order valence-corrected chi connectivity index (χ0v) is 6.05. The van der Waals surface area contributed by atoms with E-state index in [-0.39, 0.29) is 6.61 Å². The molecule has 1 amide bonds. The molecule has 5 heteroatoms. The molecular weight excluding hydrogens is 136 g/mol. The van der Waals surface area contributed by atoms with Crippen molar-refractivity contribution in [1.29, 1.82) is 0 Å². The van der Waals surface area contributed by atoms with Crippen molar-refractivity contribution in [1.82, 2.24) is 10.6 Å². The highest BCUT2D eigenvalue weighted by atomic mass is 16.6. The highest BCUT2D eigenvalue weighted by Gasteiger charge is 2.02. The van der Waals surface area contributed by atoms with Crippen molar-refractivity contribution in [2.45, 2.75) is 6.23 Å². The Labute approximate surface area is 59.4 Å². The molecule has 0 spiro atoms. The summed E-state index contributed by atoms with van der Waals surface area (Å²) >= 11 is 0. The largest absolute Gasteiger partial charge is 0.445 e. The molecule has 10 heavy (non-hydrogen) atoms. The summed E-state index contributed by atoms with van der Waals surface area (Å²) in [4.78, 5) is 10.4. The third-order valence-electron chi connectivity index (χ3n) is 0.910. The molecule has 1 unspecified atom stereocenters. The number of hydrogen-bond acceptors (Lipinski definition) is 4. The number of aliphatic hydroxyl groups is 1. The molecule has 1 atom stereocenters. The van der Waals surface area contributed by atoms with Gasteiger partial charge in [-0.1, -0.05) is 0 Å². The predicted molar refractivity (Wildman–Crippen MR) is 35.5 cm³/mol. The predicted octanol–water partition coefficient (Wildman–Crippen LogP) is -1.12. The maximum atomic E-state index is 10.4. The average molecular weight is 148 g/mol. The van der Waals surface area contributed by atoms with E-state index in [1.165, 1.54) is 7.05 Å². The summed E-state index contributed by atoms with van der Waals surface area (Å²) in [5, 5.41) is 13.5. The quantitative estimate of drug-likeness (QED) is 0.443. The summed E-state index contributed by atoms with van der Waals surface area (Å²) in [7, 11) is 3.02. The second-order valence-corrected chi connectivity index (χ2v) is 1.65. The first-order valence-electron chi connectivity index (χ1n) is 2.90. The second-order valence-electron chi connectivity index (χ2n) is 1.65. The molecule has 0 aromatic rings. The van der Waals surface area contributed by atoms with Crippen molar-refractivity contribution < 1.29 is 14.6 Å². The van der Waals surface area contributed by atoms with E-state index in [9.17, 15) is 4.79 Å². The SMILES string of the molecule is CNC(=O)OCC(O)NC. The van der Waals surface area contributed by atoms with E-state index in [0.29, 0.717) is 0 Å². The number of carbonyl (C=O) groups is 1. The molecule has 0 bridgehead atoms. The summed E-state index contributed by atoms with van der Waals surface area (Å²) < 4.78 is 4.48. The van der Waals surface area contributed by atoms with Gasteiger partial charge in [0.15, 0.2) is 0 Å². The van der Waals surface area contributed by atoms with Crippen molar-refractivity contribution in [3.63, 3.8) is 0 Å². The van der Waals surface area contributed by atoms with Gasteiger partial charge in [0.2, 0.25) is 0 Å². The lowest BCUT2D eigenvalue weighted by Gasteiger charge is -2.08. The van der Waals surface area contributed by atoms with Crippen LogP contribution in [-0.2, 0) is 4.74 Å². The topological polar surface area (TPSA) is 70.6 Å². The zero-order chi connectivity index (χ0) is 7.98. The van der Waals surface area contributed by atoms with E-state index in [2.05, 4.69) is 15.4 Å². The van der Waals surface area contributed by atoms with E-state index in [1.54, 1.807) is 7.05 Å². The van der Waals surface area contributed by atoms with Crippen LogP contribution in [0.25, 0.3) is 0 Å². The Morgan fingerprint density at radius 3 is 2.70 bits per heavy atom. The average Bonchev–Trinajstić information content (AvgIpc) is 1.99. The van der Waals surface area contributed by atoms with Gasteiger partial charge in [0.1, 0.15) is 12.8 Å². The standard InChI is InChI=1S/C5H12N2O3/c1-6-4(8)3-10-5(9)7-2/h4,6,8H,3H2,1-2H3,(H,7,9). The van der Waals surface area contributed by atoms with Crippen LogP contribution in [-0.4, -0.2) is 38.1 Å². The van der Waals surface area contributed by atoms with Crippen LogP contribution in [0, 0.1) is 0 Å². The second kappa shape index (κ2) is 5.01. The molecule has 0 aromatic carbocycles. The first kappa shape index (κ1) is 9.19. The van der Waals surface area contributed by atoms with Crippen LogP contribution in [0.15, 0.2) is 0 Å². The minimum Gasteiger partial charge on any atom is -0.445 e. The van der Waals surface area contributed by atoms with Gasteiger partial charge in [0.25, 0.3) is 0 Å². The van der Waals surface area contributed by atoms with Gasteiger partial charge < -0.3 is 15.2 Å². The Bertz CT molecular complexity index is 107. The number of carbonyl (C=O) groups excluding carboxylic acids is 1. The lowest BCUT2D eigenvalue weighted by Crippen LogP contribution is -2.32. The first-order valence-corrected chi connectivity index (χ1v) is 2.90. The fraction of sp³-hybridized carbons (Fsp3) is 0.800. The molecule has 0 aliphatic carbocycles. The Morgan fingerprint density at radius 1 is 1.70 bits per heavy atom. The van der Waals surface area contributed by atoms with Crippen molar-refractivity contribution in [3.05, 3.63) is 0 Å². The van der Waals surface area contributed by atoms with Crippen LogP contribution >= 0.6 is 0 Å². The number of ether oxygens (including phenoxy) is 1. The third-order valence-corrected chi connectivity index (χ3v) is 0.910. The van der Waals surface area contributed by atoms with Crippen LogP contribution in [0.2, 0.25) is 0 Å². The third kappa shape index (κ3) is 4.11. The van der Waals surface area contributed by atoms with E-state index in [0.717, 1.165) is 0 Å². The lowest BCUT2D eigenvalue weighted by atomic mass is 10.6. The molecule has 0 aliphatic rings. The van der Waals surface area contributed by atoms with Gasteiger partial charge >= 0.3 is 6.09 Å². The van der Waals surface area contributed by atoms with Crippen LogP contribution in [0.1, 0.15) is 0 Å². The van der Waals surface area contributed by atoms with E-state index in [4.69, 9.17) is 5.11 Å². The van der Waals surface area contributed by atoms with Gasteiger partial charge in [0.05, 0.1) is 0 Å². The molecule has 60 valence electrons. The van der Waals surface area contributed by atoms with Crippen LogP contribution in [0.3, 0.4) is 0 Å². The Morgan fingerprint density at radius 2 is 2.30 bits per heavy atom. The fourth-order valence-electron chi connectivity index (χ4n) is 0.310. The number of likely N-dealkylation sites (N-methyl/N-ethyl adjacent to an activating group) is 1. The summed E-state index contributed by atoms with van der Waals surface area (Å²) in [6.07, 6.45) is -1.34. The van der Waals surface area contributed by atoms with Gasteiger partial charge in [0, 0.05) is 7.05 Å². The van der Waals surface area contributed by atoms with Crippen molar-refractivity contribution >= 4 is 6.09 Å². The summed E-state index contributed by atoms with van der Waals surface area (Å²) in [6.45, 7) is -0.0455. The number of amides is 1. The number of rotatable bonds is 3. The van der Waals surface area contributed by atoms with Gasteiger partial charge in [-0.05, 0) is 7.05 Å². The summed E-state index contributed by atoms with van der Waals surface area (Å²) in [5.74, 6) is 0. The lowest BCUT2D eigenvalue weighted by molar-refractivity contribution is 0.0544. The highest BCUT2D eigenvalue weighted by Crippen LogP contribution is 1.79. The minimum atomic E-state index is -0.794. The maximum Gasteiger partial charge on any atom is 0.407 e. The van der Waals surface area contributed by atoms with Crippen LogP contribution in [0.5, 0.6) is 0 Å². The summed E-state index contributed by atoms with van der Waals surface area (Å²) in [5.41, 5.74) is 0. The molecule has 0 rings (SSSR count). The van der Waals surface area contributed by atoms with Gasteiger partial charge in [-0.3, -0.25) is 5.32 Å². The van der Waals surface area contributed by atoms with Crippen LogP contribution < -0.4 is 10.6 Å². The monoisotopic (exact) mass is 148 g/mol. The fourth-order valence-corrected chi connectivity index (χ4v) is 0.310. The number of aliphatic hydroxyl groups excluding tert-OH is 1. The Hall–Kier alpha value is -0.810. The van der Waals surface area contributed by atoms with Crippen molar-refractivity contribution in [2.24, 2.45) is 0 Å². The smallest absolute Gasteiger partial charge is 0.407 e. The Balaban J connectivity index is 3.26. The molecule has 3 N–H and O–H groups in total. The van der Waals surface area contributed by atoms with Gasteiger partial charge in [-0.15, -0.1) is 0 Å². The molecule has 0 radical (unpaired) electrons. The normalized spacial score (nSPS) is 12.3. The molecule has 0 aliphatic heterocycles. The van der Waals surface area contributed by atoms with Gasteiger partial charge in [-0.25, -0.2) is 4.79 Å². The van der Waals surface area contributed by atoms with Crippen molar-refractivity contribution in [2.75, 3.05) is 20.7 Å². The van der Waals surface area contributed by atoms with Gasteiger partial charge in [-0.2, -0.15) is 0 Å².